The molecule has 4 saturated carbocycles. The van der Waals surface area contributed by atoms with Crippen LogP contribution in [0.1, 0.15) is 78.6 Å². The van der Waals surface area contributed by atoms with Crippen LogP contribution in [0.15, 0.2) is 0 Å². The van der Waals surface area contributed by atoms with E-state index in [0.717, 1.165) is 12.8 Å². The first-order valence-electron chi connectivity index (χ1n) is 12.3. The van der Waals surface area contributed by atoms with Gasteiger partial charge in [-0.05, 0) is 86.4 Å². The number of aliphatic carboxylic acids is 1. The molecule has 4 aliphatic carbocycles. The van der Waals surface area contributed by atoms with Gasteiger partial charge in [0.2, 0.25) is 10.4 Å². The minimum atomic E-state index is -4.79. The van der Waals surface area contributed by atoms with Gasteiger partial charge < -0.3 is 19.6 Å². The van der Waals surface area contributed by atoms with Crippen LogP contribution in [0.25, 0.3) is 0 Å². The molecule has 188 valence electrons. The number of aliphatic hydroxyl groups is 1. The molecule has 0 spiro atoms. The van der Waals surface area contributed by atoms with Crippen molar-refractivity contribution in [2.24, 2.45) is 46.3 Å². The van der Waals surface area contributed by atoms with E-state index < -0.39 is 34.0 Å². The molecule has 4 aliphatic rings. The lowest BCUT2D eigenvalue weighted by molar-refractivity contribution is -0.306. The zero-order valence-corrected chi connectivity index (χ0v) is 20.5. The molecule has 0 heterocycles. The number of carboxylic acid groups (broad SMARTS) is 1. The summed E-state index contributed by atoms with van der Waals surface area (Å²) in [6.45, 7) is 6.30. The standard InChI is InChI=1S/C24H38O8S/c1-13(4-7-21(27)28)16-5-6-17-22-18(12-20(26)24(16,17)3)23(2)9-8-15(32-33(29,30)31)10-14(23)11-19(22)25/h13-18,20,22,26H,4-12H2,1-3H3,(H,27,28)(H,29,30,31)/p-2/t13-,14+,15-,16-,17+,18+,20+,22+,23+,24-/m1/s1. The Morgan fingerprint density at radius 1 is 1.21 bits per heavy atom. The van der Waals surface area contributed by atoms with Crippen LogP contribution in [0, 0.1) is 46.3 Å². The van der Waals surface area contributed by atoms with Gasteiger partial charge in [-0.1, -0.05) is 20.8 Å². The van der Waals surface area contributed by atoms with Crippen LogP contribution in [-0.2, 0) is 24.2 Å². The molecule has 9 heteroatoms. The first-order valence-corrected chi connectivity index (χ1v) is 13.7. The highest BCUT2D eigenvalue weighted by atomic mass is 32.3. The molecule has 0 aromatic carbocycles. The number of fused-ring (bicyclic) bond motifs is 5. The average Bonchev–Trinajstić information content (AvgIpc) is 3.05. The zero-order valence-electron chi connectivity index (χ0n) is 19.7. The van der Waals surface area contributed by atoms with Gasteiger partial charge >= 0.3 is 0 Å². The second-order valence-corrected chi connectivity index (χ2v) is 12.7. The maximum atomic E-state index is 13.5. The van der Waals surface area contributed by atoms with Crippen molar-refractivity contribution < 1.29 is 37.0 Å². The summed E-state index contributed by atoms with van der Waals surface area (Å²) in [6, 6.07) is 0. The lowest BCUT2D eigenvalue weighted by atomic mass is 9.43. The lowest BCUT2D eigenvalue weighted by Crippen LogP contribution is -2.61. The predicted molar refractivity (Wildman–Crippen MR) is 115 cm³/mol. The summed E-state index contributed by atoms with van der Waals surface area (Å²) < 4.78 is 38.0. The van der Waals surface area contributed by atoms with Crippen LogP contribution in [0.2, 0.25) is 0 Å². The Morgan fingerprint density at radius 2 is 1.91 bits per heavy atom. The molecular weight excluding hydrogens is 448 g/mol. The summed E-state index contributed by atoms with van der Waals surface area (Å²) in [5.74, 6) is -0.742. The van der Waals surface area contributed by atoms with Crippen molar-refractivity contribution in [1.82, 2.24) is 0 Å². The summed E-state index contributed by atoms with van der Waals surface area (Å²) in [6.07, 6.45) is 3.32. The summed E-state index contributed by atoms with van der Waals surface area (Å²) in [5, 5.41) is 22.5. The molecule has 4 fully saturated rings. The van der Waals surface area contributed by atoms with Crippen molar-refractivity contribution in [2.75, 3.05) is 0 Å². The SMILES string of the molecule is C[C@H](CCC(=O)[O-])[C@H]1CC[C@H]2[C@@H]3C(=O)C[C@@H]4C[C@H](OS(=O)(=O)[O-])CC[C@]4(C)[C@H]3C[C@H](O)[C@]12C. The van der Waals surface area contributed by atoms with Gasteiger partial charge in [0.15, 0.2) is 0 Å². The summed E-state index contributed by atoms with van der Waals surface area (Å²) in [7, 11) is -4.79. The van der Waals surface area contributed by atoms with E-state index in [1.165, 1.54) is 0 Å². The summed E-state index contributed by atoms with van der Waals surface area (Å²) in [5.41, 5.74) is -0.644. The highest BCUT2D eigenvalue weighted by Crippen LogP contribution is 2.67. The molecule has 0 aromatic heterocycles. The number of carboxylic acids is 1. The molecule has 4 rings (SSSR count). The molecule has 33 heavy (non-hydrogen) atoms. The van der Waals surface area contributed by atoms with Crippen molar-refractivity contribution in [3.05, 3.63) is 0 Å². The summed E-state index contributed by atoms with van der Waals surface area (Å²) >= 11 is 0. The Balaban J connectivity index is 1.57. The van der Waals surface area contributed by atoms with Crippen LogP contribution in [0.4, 0.5) is 0 Å². The van der Waals surface area contributed by atoms with E-state index in [4.69, 9.17) is 4.18 Å². The van der Waals surface area contributed by atoms with Gasteiger partial charge in [-0.2, -0.15) is 0 Å². The third-order valence-electron chi connectivity index (χ3n) is 10.3. The Hall–Kier alpha value is -1.03. The first kappa shape index (κ1) is 25.1. The molecule has 0 aliphatic heterocycles. The van der Waals surface area contributed by atoms with Crippen LogP contribution in [-0.4, -0.2) is 42.0 Å². The smallest absolute Gasteiger partial charge is 0.217 e. The number of aliphatic hydroxyl groups excluding tert-OH is 1. The molecule has 0 saturated heterocycles. The number of Topliss-reactive ketones (excluding diaryl/α,β-unsaturated/α-hetero) is 1. The van der Waals surface area contributed by atoms with E-state index in [0.29, 0.717) is 38.5 Å². The molecule has 0 amide bonds. The van der Waals surface area contributed by atoms with E-state index in [1.54, 1.807) is 0 Å². The van der Waals surface area contributed by atoms with Gasteiger partial charge in [-0.15, -0.1) is 0 Å². The van der Waals surface area contributed by atoms with Gasteiger partial charge in [0.25, 0.3) is 0 Å². The van der Waals surface area contributed by atoms with Gasteiger partial charge in [-0.3, -0.25) is 8.98 Å². The van der Waals surface area contributed by atoms with Crippen molar-refractivity contribution in [3.8, 4) is 0 Å². The Labute approximate surface area is 196 Å². The number of carbonyl (C=O) groups is 2. The Morgan fingerprint density at radius 3 is 2.55 bits per heavy atom. The third-order valence-corrected chi connectivity index (χ3v) is 10.9. The van der Waals surface area contributed by atoms with E-state index in [-0.39, 0.29) is 53.1 Å². The van der Waals surface area contributed by atoms with Gasteiger partial charge in [0, 0.05) is 23.7 Å². The Bertz CT molecular complexity index is 902. The van der Waals surface area contributed by atoms with Crippen molar-refractivity contribution in [2.45, 2.75) is 90.8 Å². The van der Waals surface area contributed by atoms with E-state index in [9.17, 15) is 32.8 Å². The minimum absolute atomic E-state index is 0.00155. The minimum Gasteiger partial charge on any atom is -0.726 e. The number of hydrogen-bond acceptors (Lipinski definition) is 8. The number of rotatable bonds is 6. The highest BCUT2D eigenvalue weighted by molar-refractivity contribution is 7.80. The molecule has 0 radical (unpaired) electrons. The molecule has 10 atom stereocenters. The normalized spacial score (nSPS) is 46.2. The lowest BCUT2D eigenvalue weighted by Gasteiger charge is -2.61. The molecule has 1 N–H and O–H groups in total. The van der Waals surface area contributed by atoms with Crippen LogP contribution < -0.4 is 5.11 Å². The maximum Gasteiger partial charge on any atom is 0.217 e. The number of carbonyl (C=O) groups excluding carboxylic acids is 2. The molecular formula is C24H36O8S-2. The summed E-state index contributed by atoms with van der Waals surface area (Å²) in [4.78, 5) is 24.5. The van der Waals surface area contributed by atoms with Crippen LogP contribution >= 0.6 is 0 Å². The average molecular weight is 485 g/mol. The molecule has 0 aromatic rings. The van der Waals surface area contributed by atoms with E-state index >= 15 is 0 Å². The molecule has 0 unspecified atom stereocenters. The monoisotopic (exact) mass is 484 g/mol. The predicted octanol–water partition coefficient (Wildman–Crippen LogP) is 1.81. The second kappa shape index (κ2) is 8.57. The van der Waals surface area contributed by atoms with Crippen LogP contribution in [0.3, 0.4) is 0 Å². The fraction of sp³-hybridized carbons (Fsp3) is 0.917. The number of ketones is 1. The Kier molecular flexibility index (Phi) is 6.51. The van der Waals surface area contributed by atoms with E-state index in [1.807, 2.05) is 6.92 Å². The van der Waals surface area contributed by atoms with Crippen molar-refractivity contribution in [1.29, 1.82) is 0 Å². The fourth-order valence-corrected chi connectivity index (χ4v) is 9.14. The first-order chi connectivity index (χ1) is 15.3. The topological polar surface area (TPSA) is 144 Å². The maximum absolute atomic E-state index is 13.5. The quantitative estimate of drug-likeness (QED) is 0.444. The van der Waals surface area contributed by atoms with Crippen LogP contribution in [0.5, 0.6) is 0 Å². The van der Waals surface area contributed by atoms with Crippen molar-refractivity contribution in [3.63, 3.8) is 0 Å². The largest absolute Gasteiger partial charge is 0.726 e. The van der Waals surface area contributed by atoms with Crippen molar-refractivity contribution >= 4 is 22.2 Å². The van der Waals surface area contributed by atoms with Gasteiger partial charge in [-0.25, -0.2) is 8.42 Å². The molecule has 8 nitrogen and oxygen atoms in total. The van der Waals surface area contributed by atoms with Gasteiger partial charge in [0.1, 0.15) is 5.78 Å². The molecule has 0 bridgehead atoms. The number of hydrogen-bond donors (Lipinski definition) is 1. The second-order valence-electron chi connectivity index (χ2n) is 11.7. The highest BCUT2D eigenvalue weighted by Gasteiger charge is 2.66. The fourth-order valence-electron chi connectivity index (χ4n) is 8.63. The van der Waals surface area contributed by atoms with E-state index in [2.05, 4.69) is 13.8 Å². The third kappa shape index (κ3) is 4.28. The van der Waals surface area contributed by atoms with Gasteiger partial charge in [0.05, 0.1) is 12.2 Å². The zero-order chi connectivity index (χ0) is 24.3.